The number of carbonyl (C=O) groups excluding carboxylic acids is 2. The Hall–Kier alpha value is -3.51. The Balaban J connectivity index is 2.03. The highest BCUT2D eigenvalue weighted by Gasteiger charge is 2.49. The van der Waals surface area contributed by atoms with E-state index in [0.717, 1.165) is 16.7 Å². The van der Waals surface area contributed by atoms with Crippen LogP contribution in [0, 0.1) is 27.7 Å². The van der Waals surface area contributed by atoms with Crippen LogP contribution in [0.2, 0.25) is 5.02 Å². The van der Waals surface area contributed by atoms with Crippen LogP contribution in [0.25, 0.3) is 5.76 Å². The van der Waals surface area contributed by atoms with Gasteiger partial charge in [0.1, 0.15) is 29.1 Å². The van der Waals surface area contributed by atoms with Gasteiger partial charge in [0.05, 0.1) is 23.3 Å². The maximum atomic E-state index is 13.3. The number of methoxy groups -OCH3 is 1. The first kappa shape index (κ1) is 22.7. The number of hydrogen-bond donors (Lipinski definition) is 1. The maximum Gasteiger partial charge on any atom is 0.300 e. The van der Waals surface area contributed by atoms with Gasteiger partial charge in [0.15, 0.2) is 0 Å². The van der Waals surface area contributed by atoms with Crippen LogP contribution in [-0.4, -0.2) is 23.9 Å². The quantitative estimate of drug-likeness (QED) is 0.299. The van der Waals surface area contributed by atoms with Crippen molar-refractivity contribution in [3.8, 4) is 5.75 Å². The van der Waals surface area contributed by atoms with Crippen LogP contribution in [0.4, 0.5) is 5.69 Å². The molecule has 170 valence electrons. The van der Waals surface area contributed by atoms with Crippen molar-refractivity contribution in [2.45, 2.75) is 33.7 Å². The second kappa shape index (κ2) is 8.45. The number of rotatable bonds is 4. The number of halogens is 1. The average Bonchev–Trinajstić information content (AvgIpc) is 3.30. The fourth-order valence-corrected chi connectivity index (χ4v) is 4.56. The highest BCUT2D eigenvalue weighted by molar-refractivity contribution is 6.51. The summed E-state index contributed by atoms with van der Waals surface area (Å²) in [4.78, 5) is 28.0. The minimum atomic E-state index is -0.955. The van der Waals surface area contributed by atoms with E-state index in [1.54, 1.807) is 37.3 Å². The summed E-state index contributed by atoms with van der Waals surface area (Å²) in [5, 5.41) is 11.7. The van der Waals surface area contributed by atoms with Gasteiger partial charge in [-0.1, -0.05) is 23.7 Å². The molecule has 0 radical (unpaired) electrons. The number of anilines is 1. The normalized spacial score (nSPS) is 17.6. The van der Waals surface area contributed by atoms with Gasteiger partial charge >= 0.3 is 0 Å². The number of aryl methyl sites for hydroxylation is 3. The van der Waals surface area contributed by atoms with Gasteiger partial charge < -0.3 is 14.3 Å². The summed E-state index contributed by atoms with van der Waals surface area (Å²) in [5.41, 5.74) is 3.30. The smallest absolute Gasteiger partial charge is 0.300 e. The molecular weight excluding hydrogens is 442 g/mol. The van der Waals surface area contributed by atoms with Crippen LogP contribution >= 0.6 is 11.6 Å². The van der Waals surface area contributed by atoms with Crippen LogP contribution in [0.5, 0.6) is 5.75 Å². The standard InChI is InChI=1S/C26H24ClNO5/c1-13-11-17(25(32-5)18(27)12-13)23(29)21-22(20-10-9-15(3)33-20)28(26(31)24(21)30)19-8-6-7-14(2)16(19)4/h6-12,22,29H,1-5H3/b23-21+. The Morgan fingerprint density at radius 1 is 1.09 bits per heavy atom. The maximum absolute atomic E-state index is 13.3. The van der Waals surface area contributed by atoms with E-state index in [1.807, 2.05) is 32.9 Å². The zero-order valence-corrected chi connectivity index (χ0v) is 19.8. The van der Waals surface area contributed by atoms with Gasteiger partial charge in [0, 0.05) is 5.69 Å². The molecule has 1 aliphatic heterocycles. The summed E-state index contributed by atoms with van der Waals surface area (Å²) in [5.74, 6) is -0.733. The van der Waals surface area contributed by atoms with Crippen molar-refractivity contribution in [2.24, 2.45) is 0 Å². The highest BCUT2D eigenvalue weighted by Crippen LogP contribution is 2.45. The van der Waals surface area contributed by atoms with E-state index in [2.05, 4.69) is 0 Å². The summed E-state index contributed by atoms with van der Waals surface area (Å²) in [6, 6.07) is 11.4. The molecule has 4 rings (SSSR count). The van der Waals surface area contributed by atoms with E-state index >= 15 is 0 Å². The van der Waals surface area contributed by atoms with E-state index in [4.69, 9.17) is 20.8 Å². The Kier molecular flexibility index (Phi) is 5.80. The molecule has 2 heterocycles. The molecule has 1 fully saturated rings. The molecule has 1 N–H and O–H groups in total. The van der Waals surface area contributed by atoms with Crippen LogP contribution in [0.1, 0.15) is 39.8 Å². The first-order valence-corrected chi connectivity index (χ1v) is 10.8. The van der Waals surface area contributed by atoms with Gasteiger partial charge in [-0.25, -0.2) is 0 Å². The molecule has 0 spiro atoms. The molecule has 3 aromatic rings. The lowest BCUT2D eigenvalue weighted by Gasteiger charge is -2.25. The number of amides is 1. The third-order valence-corrected chi connectivity index (χ3v) is 6.24. The fourth-order valence-electron chi connectivity index (χ4n) is 4.20. The van der Waals surface area contributed by atoms with E-state index < -0.39 is 17.7 Å². The zero-order chi connectivity index (χ0) is 24.0. The van der Waals surface area contributed by atoms with E-state index in [9.17, 15) is 14.7 Å². The number of benzene rings is 2. The minimum absolute atomic E-state index is 0.0878. The first-order chi connectivity index (χ1) is 15.6. The fraction of sp³-hybridized carbons (Fsp3) is 0.231. The number of aliphatic hydroxyl groups is 1. The number of carbonyl (C=O) groups is 2. The van der Waals surface area contributed by atoms with Crippen LogP contribution < -0.4 is 9.64 Å². The molecule has 2 aromatic carbocycles. The highest BCUT2D eigenvalue weighted by atomic mass is 35.5. The molecule has 1 aliphatic rings. The lowest BCUT2D eigenvalue weighted by molar-refractivity contribution is -0.132. The molecule has 6 nitrogen and oxygen atoms in total. The second-order valence-corrected chi connectivity index (χ2v) is 8.57. The lowest BCUT2D eigenvalue weighted by atomic mass is 9.97. The summed E-state index contributed by atoms with van der Waals surface area (Å²) in [7, 11) is 1.43. The predicted octanol–water partition coefficient (Wildman–Crippen LogP) is 5.80. The van der Waals surface area contributed by atoms with Crippen molar-refractivity contribution in [1.29, 1.82) is 0 Å². The van der Waals surface area contributed by atoms with E-state index in [0.29, 0.717) is 17.2 Å². The number of furan rings is 1. The average molecular weight is 466 g/mol. The molecule has 1 atom stereocenters. The number of ether oxygens (including phenoxy) is 1. The third kappa shape index (κ3) is 3.70. The van der Waals surface area contributed by atoms with Crippen LogP contribution in [0.3, 0.4) is 0 Å². The van der Waals surface area contributed by atoms with Crippen molar-refractivity contribution in [3.63, 3.8) is 0 Å². The van der Waals surface area contributed by atoms with E-state index in [-0.39, 0.29) is 27.7 Å². The third-order valence-electron chi connectivity index (χ3n) is 5.96. The zero-order valence-electron chi connectivity index (χ0n) is 19.0. The number of nitrogens with zero attached hydrogens (tertiary/aromatic N) is 1. The van der Waals surface area contributed by atoms with Crippen molar-refractivity contribution in [2.75, 3.05) is 12.0 Å². The molecule has 0 aliphatic carbocycles. The topological polar surface area (TPSA) is 80.0 Å². The molecule has 0 bridgehead atoms. The molecule has 0 saturated carbocycles. The molecule has 33 heavy (non-hydrogen) atoms. The van der Waals surface area contributed by atoms with Gasteiger partial charge in [-0.2, -0.15) is 0 Å². The number of aliphatic hydroxyl groups excluding tert-OH is 1. The SMILES string of the molecule is COc1c(Cl)cc(C)cc1/C(O)=C1\C(=O)C(=O)N(c2cccc(C)c2C)C1c1ccc(C)o1. The number of Topliss-reactive ketones (excluding diaryl/α,β-unsaturated/α-hetero) is 1. The Bertz CT molecular complexity index is 1320. The number of ketones is 1. The Morgan fingerprint density at radius 3 is 2.45 bits per heavy atom. The van der Waals surface area contributed by atoms with Crippen molar-refractivity contribution >= 4 is 34.7 Å². The molecule has 1 amide bonds. The predicted molar refractivity (Wildman–Crippen MR) is 127 cm³/mol. The van der Waals surface area contributed by atoms with Gasteiger partial charge in [0.25, 0.3) is 11.7 Å². The summed E-state index contributed by atoms with van der Waals surface area (Å²) < 4.78 is 11.3. The molecule has 1 aromatic heterocycles. The summed E-state index contributed by atoms with van der Waals surface area (Å²) in [6.07, 6.45) is 0. The largest absolute Gasteiger partial charge is 0.507 e. The van der Waals surface area contributed by atoms with Gasteiger partial charge in [-0.15, -0.1) is 0 Å². The minimum Gasteiger partial charge on any atom is -0.507 e. The second-order valence-electron chi connectivity index (χ2n) is 8.16. The van der Waals surface area contributed by atoms with E-state index in [1.165, 1.54) is 12.0 Å². The summed E-state index contributed by atoms with van der Waals surface area (Å²) >= 11 is 6.33. The molecular formula is C26H24ClNO5. The van der Waals surface area contributed by atoms with Gasteiger partial charge in [-0.3, -0.25) is 14.5 Å². The Labute approximate surface area is 197 Å². The molecule has 1 unspecified atom stereocenters. The van der Waals surface area contributed by atoms with Crippen LogP contribution in [-0.2, 0) is 9.59 Å². The Morgan fingerprint density at radius 2 is 1.82 bits per heavy atom. The summed E-state index contributed by atoms with van der Waals surface area (Å²) in [6.45, 7) is 7.40. The monoisotopic (exact) mass is 465 g/mol. The van der Waals surface area contributed by atoms with Gasteiger partial charge in [0.2, 0.25) is 0 Å². The van der Waals surface area contributed by atoms with Crippen molar-refractivity contribution in [3.05, 3.63) is 86.8 Å². The van der Waals surface area contributed by atoms with Crippen molar-refractivity contribution < 1.29 is 23.8 Å². The lowest BCUT2D eigenvalue weighted by Crippen LogP contribution is -2.30. The molecule has 7 heteroatoms. The first-order valence-electron chi connectivity index (χ1n) is 10.4. The van der Waals surface area contributed by atoms with Crippen LogP contribution in [0.15, 0.2) is 52.5 Å². The molecule has 1 saturated heterocycles. The van der Waals surface area contributed by atoms with Gasteiger partial charge in [-0.05, 0) is 74.7 Å². The van der Waals surface area contributed by atoms with Crippen molar-refractivity contribution in [1.82, 2.24) is 0 Å². The number of hydrogen-bond acceptors (Lipinski definition) is 5.